The zero-order valence-electron chi connectivity index (χ0n) is 19.3. The molecule has 0 saturated heterocycles. The van der Waals surface area contributed by atoms with Crippen molar-refractivity contribution in [3.8, 4) is 0 Å². The molecule has 1 aliphatic carbocycles. The van der Waals surface area contributed by atoms with Gasteiger partial charge in [0.2, 0.25) is 0 Å². The second-order valence-corrected chi connectivity index (χ2v) is 13.7. The first kappa shape index (κ1) is 23.5. The van der Waals surface area contributed by atoms with Gasteiger partial charge in [-0.15, -0.1) is 0 Å². The Bertz CT molecular complexity index is 808. The van der Waals surface area contributed by atoms with Crippen molar-refractivity contribution in [3.05, 3.63) is 72.8 Å². The highest BCUT2D eigenvalue weighted by atomic mass is 28.4. The summed E-state index contributed by atoms with van der Waals surface area (Å²) in [5, 5.41) is 2.66. The highest BCUT2D eigenvalue weighted by Crippen LogP contribution is 2.40. The molecular formula is C27H36O3Si. The van der Waals surface area contributed by atoms with E-state index in [9.17, 15) is 4.79 Å². The minimum atomic E-state index is -2.50. The second-order valence-electron chi connectivity index (χ2n) is 9.43. The quantitative estimate of drug-likeness (QED) is 0.338. The molecule has 0 aromatic heterocycles. The molecular weight excluding hydrogens is 400 g/mol. The summed E-state index contributed by atoms with van der Waals surface area (Å²) in [6.45, 7) is 9.23. The predicted molar refractivity (Wildman–Crippen MR) is 130 cm³/mol. The molecule has 0 radical (unpaired) electrons. The zero-order valence-corrected chi connectivity index (χ0v) is 20.3. The van der Waals surface area contributed by atoms with E-state index in [4.69, 9.17) is 9.16 Å². The van der Waals surface area contributed by atoms with Gasteiger partial charge in [0.25, 0.3) is 8.32 Å². The third kappa shape index (κ3) is 5.55. The van der Waals surface area contributed by atoms with E-state index in [1.165, 1.54) is 10.4 Å². The number of ether oxygens (including phenoxy) is 1. The first-order valence-electron chi connectivity index (χ1n) is 11.5. The van der Waals surface area contributed by atoms with Gasteiger partial charge in [-0.3, -0.25) is 0 Å². The maximum Gasteiger partial charge on any atom is 0.330 e. The van der Waals surface area contributed by atoms with Gasteiger partial charge in [0, 0.05) is 12.2 Å². The molecule has 0 spiro atoms. The topological polar surface area (TPSA) is 35.5 Å². The highest BCUT2D eigenvalue weighted by molar-refractivity contribution is 6.99. The van der Waals surface area contributed by atoms with E-state index >= 15 is 0 Å². The van der Waals surface area contributed by atoms with Gasteiger partial charge >= 0.3 is 5.97 Å². The van der Waals surface area contributed by atoms with Gasteiger partial charge in [0.1, 0.15) is 0 Å². The number of allylic oxidation sites excluding steroid dienone is 1. The van der Waals surface area contributed by atoms with Crippen molar-refractivity contribution in [2.75, 3.05) is 6.61 Å². The predicted octanol–water partition coefficient (Wildman–Crippen LogP) is 5.24. The van der Waals surface area contributed by atoms with Crippen LogP contribution in [0.15, 0.2) is 72.8 Å². The van der Waals surface area contributed by atoms with Gasteiger partial charge in [-0.2, -0.15) is 0 Å². The Morgan fingerprint density at radius 2 is 1.45 bits per heavy atom. The lowest BCUT2D eigenvalue weighted by molar-refractivity contribution is -0.137. The van der Waals surface area contributed by atoms with Crippen LogP contribution in [0.3, 0.4) is 0 Å². The lowest BCUT2D eigenvalue weighted by atomic mass is 9.87. The maximum absolute atomic E-state index is 11.6. The summed E-state index contributed by atoms with van der Waals surface area (Å²) in [7, 11) is -2.50. The molecule has 1 saturated carbocycles. The van der Waals surface area contributed by atoms with Gasteiger partial charge in [-0.1, -0.05) is 87.5 Å². The molecule has 3 nitrogen and oxygen atoms in total. The fourth-order valence-corrected chi connectivity index (χ4v) is 9.50. The van der Waals surface area contributed by atoms with Gasteiger partial charge in [-0.05, 0) is 53.9 Å². The molecule has 1 aliphatic rings. The van der Waals surface area contributed by atoms with Crippen molar-refractivity contribution < 1.29 is 14.0 Å². The fraction of sp³-hybridized carbons (Fsp3) is 0.444. The van der Waals surface area contributed by atoms with E-state index in [2.05, 4.69) is 81.4 Å². The Labute approximate surface area is 188 Å². The Morgan fingerprint density at radius 1 is 0.935 bits per heavy atom. The monoisotopic (exact) mass is 436 g/mol. The van der Waals surface area contributed by atoms with Crippen LogP contribution in [0.25, 0.3) is 0 Å². The van der Waals surface area contributed by atoms with E-state index in [-0.39, 0.29) is 17.1 Å². The van der Waals surface area contributed by atoms with Crippen molar-refractivity contribution >= 4 is 24.7 Å². The molecule has 2 aromatic carbocycles. The lowest BCUT2D eigenvalue weighted by Gasteiger charge is -2.46. The van der Waals surface area contributed by atoms with Crippen molar-refractivity contribution in [2.24, 2.45) is 5.92 Å². The van der Waals surface area contributed by atoms with E-state index < -0.39 is 8.32 Å². The summed E-state index contributed by atoms with van der Waals surface area (Å²) >= 11 is 0. The summed E-state index contributed by atoms with van der Waals surface area (Å²) in [6.07, 6.45) is 7.97. The number of hydrogen-bond donors (Lipinski definition) is 0. The first-order valence-corrected chi connectivity index (χ1v) is 13.4. The van der Waals surface area contributed by atoms with E-state index in [1.54, 1.807) is 6.08 Å². The number of carbonyl (C=O) groups is 1. The molecule has 31 heavy (non-hydrogen) atoms. The van der Waals surface area contributed by atoms with E-state index in [0.717, 1.165) is 25.7 Å². The van der Waals surface area contributed by atoms with Crippen molar-refractivity contribution in [1.82, 2.24) is 0 Å². The molecule has 0 heterocycles. The van der Waals surface area contributed by atoms with Gasteiger partial charge in [0.15, 0.2) is 0 Å². The van der Waals surface area contributed by atoms with Crippen LogP contribution in [-0.4, -0.2) is 27.0 Å². The Kier molecular flexibility index (Phi) is 7.90. The molecule has 0 amide bonds. The number of carbonyl (C=O) groups excluding carboxylic acids is 1. The van der Waals surface area contributed by atoms with Crippen LogP contribution < -0.4 is 10.4 Å². The molecule has 2 aromatic rings. The summed E-state index contributed by atoms with van der Waals surface area (Å²) in [6, 6.07) is 21.7. The van der Waals surface area contributed by atoms with Crippen molar-refractivity contribution in [2.45, 2.75) is 64.5 Å². The maximum atomic E-state index is 11.6. The van der Waals surface area contributed by atoms with Crippen LogP contribution in [0.5, 0.6) is 0 Å². The standard InChI is InChI=1S/C27H36O3Si/c1-5-29-26(28)21-18-22-16-19-23(20-17-22)30-31(27(2,3)4,24-12-8-6-9-13-24)25-14-10-7-11-15-25/h6-15,18,21-23H,5,16-17,19-20H2,1-4H3/b21-18+. The van der Waals surface area contributed by atoms with E-state index in [1.807, 2.05) is 13.0 Å². The highest BCUT2D eigenvalue weighted by Gasteiger charge is 2.51. The zero-order chi connectivity index (χ0) is 22.3. The van der Waals surface area contributed by atoms with Crippen LogP contribution in [0.4, 0.5) is 0 Å². The minimum Gasteiger partial charge on any atom is -0.463 e. The Hall–Kier alpha value is -2.17. The summed E-state index contributed by atoms with van der Waals surface area (Å²) < 4.78 is 12.3. The average Bonchev–Trinajstić information content (AvgIpc) is 2.77. The van der Waals surface area contributed by atoms with Gasteiger partial charge in [-0.25, -0.2) is 4.79 Å². The molecule has 166 valence electrons. The van der Waals surface area contributed by atoms with Gasteiger partial charge < -0.3 is 9.16 Å². The van der Waals surface area contributed by atoms with Crippen molar-refractivity contribution in [1.29, 1.82) is 0 Å². The van der Waals surface area contributed by atoms with Crippen LogP contribution in [0.2, 0.25) is 5.04 Å². The minimum absolute atomic E-state index is 0.00360. The summed E-state index contributed by atoms with van der Waals surface area (Å²) in [5.74, 6) is 0.177. The van der Waals surface area contributed by atoms with Gasteiger partial charge in [0.05, 0.1) is 6.61 Å². The second kappa shape index (κ2) is 10.4. The normalized spacial score (nSPS) is 20.0. The summed E-state index contributed by atoms with van der Waals surface area (Å²) in [5.41, 5.74) is 0. The van der Waals surface area contributed by atoms with Crippen LogP contribution in [0.1, 0.15) is 53.4 Å². The third-order valence-electron chi connectivity index (χ3n) is 6.27. The van der Waals surface area contributed by atoms with Crippen LogP contribution >= 0.6 is 0 Å². The largest absolute Gasteiger partial charge is 0.463 e. The number of hydrogen-bond acceptors (Lipinski definition) is 3. The molecule has 0 N–H and O–H groups in total. The van der Waals surface area contributed by atoms with Crippen LogP contribution in [-0.2, 0) is 14.0 Å². The van der Waals surface area contributed by atoms with Crippen LogP contribution in [0, 0.1) is 5.92 Å². The number of rotatable bonds is 7. The SMILES string of the molecule is CCOC(=O)/C=C/C1CCC(O[Si](c2ccccc2)(c2ccccc2)C(C)(C)C)CC1. The molecule has 0 atom stereocenters. The molecule has 3 rings (SSSR count). The summed E-state index contributed by atoms with van der Waals surface area (Å²) in [4.78, 5) is 11.6. The third-order valence-corrected chi connectivity index (χ3v) is 11.4. The molecule has 0 unspecified atom stereocenters. The smallest absolute Gasteiger partial charge is 0.330 e. The lowest BCUT2D eigenvalue weighted by Crippen LogP contribution is -2.67. The number of benzene rings is 2. The van der Waals surface area contributed by atoms with Crippen molar-refractivity contribution in [3.63, 3.8) is 0 Å². The Balaban J connectivity index is 1.83. The Morgan fingerprint density at radius 3 is 1.90 bits per heavy atom. The molecule has 0 aliphatic heterocycles. The number of esters is 1. The first-order chi connectivity index (χ1) is 14.9. The average molecular weight is 437 g/mol. The molecule has 0 bridgehead atoms. The molecule has 1 fully saturated rings. The molecule has 4 heteroatoms. The fourth-order valence-electron chi connectivity index (χ4n) is 4.75. The van der Waals surface area contributed by atoms with E-state index in [0.29, 0.717) is 12.5 Å².